The summed E-state index contributed by atoms with van der Waals surface area (Å²) in [6.07, 6.45) is 4.82. The van der Waals surface area contributed by atoms with Gasteiger partial charge < -0.3 is 9.30 Å². The first-order valence-electron chi connectivity index (χ1n) is 11.0. The standard InChI is InChI=1S/C26H19F2N3O4S2/c1-31-11-10-30-26(31)24-14-21-25(36-24)23(8-9-29-21)35-22-7-2-16(13-20(22)28)12-18(32)15-37(33,34)19-5-3-17(27)4-6-19/h2-11,13-14H,12,15H2,1H3. The van der Waals surface area contributed by atoms with Crippen molar-refractivity contribution in [3.05, 3.63) is 90.4 Å². The van der Waals surface area contributed by atoms with Gasteiger partial charge in [-0.05, 0) is 48.0 Å². The molecule has 0 unspecified atom stereocenters. The first kappa shape index (κ1) is 24.7. The topological polar surface area (TPSA) is 91.2 Å². The van der Waals surface area contributed by atoms with Gasteiger partial charge in [0.1, 0.15) is 23.1 Å². The van der Waals surface area contributed by atoms with Gasteiger partial charge in [0.2, 0.25) is 0 Å². The highest BCUT2D eigenvalue weighted by atomic mass is 32.2. The van der Waals surface area contributed by atoms with Gasteiger partial charge in [-0.2, -0.15) is 0 Å². The Hall–Kier alpha value is -3.96. The molecule has 3 aromatic heterocycles. The number of halogens is 2. The number of hydrogen-bond donors (Lipinski definition) is 0. The molecule has 3 heterocycles. The monoisotopic (exact) mass is 539 g/mol. The highest BCUT2D eigenvalue weighted by molar-refractivity contribution is 7.92. The Bertz CT molecular complexity index is 1730. The SMILES string of the molecule is Cn1ccnc1-c1cc2nccc(Oc3ccc(CC(=O)CS(=O)(=O)c4ccc(F)cc4)cc3F)c2s1. The van der Waals surface area contributed by atoms with E-state index < -0.39 is 33.0 Å². The third-order valence-corrected chi connectivity index (χ3v) is 8.39. The van der Waals surface area contributed by atoms with Crippen molar-refractivity contribution in [2.24, 2.45) is 7.05 Å². The van der Waals surface area contributed by atoms with Crippen LogP contribution >= 0.6 is 11.3 Å². The molecular weight excluding hydrogens is 520 g/mol. The number of sulfone groups is 1. The summed E-state index contributed by atoms with van der Waals surface area (Å²) in [5.41, 5.74) is 0.989. The van der Waals surface area contributed by atoms with Gasteiger partial charge >= 0.3 is 0 Å². The summed E-state index contributed by atoms with van der Waals surface area (Å²) in [7, 11) is -2.05. The first-order chi connectivity index (χ1) is 17.7. The average Bonchev–Trinajstić information content (AvgIpc) is 3.47. The first-order valence-corrected chi connectivity index (χ1v) is 13.5. The van der Waals surface area contributed by atoms with Crippen LogP contribution in [0.5, 0.6) is 11.5 Å². The van der Waals surface area contributed by atoms with Crippen molar-refractivity contribution in [2.45, 2.75) is 11.3 Å². The fraction of sp³-hybridized carbons (Fsp3) is 0.115. The maximum absolute atomic E-state index is 14.9. The molecule has 0 atom stereocenters. The van der Waals surface area contributed by atoms with Crippen LogP contribution < -0.4 is 4.74 Å². The van der Waals surface area contributed by atoms with E-state index in [1.165, 1.54) is 23.5 Å². The normalized spacial score (nSPS) is 11.6. The van der Waals surface area contributed by atoms with Gasteiger partial charge in [-0.3, -0.25) is 9.78 Å². The van der Waals surface area contributed by atoms with Gasteiger partial charge in [0, 0.05) is 38.1 Å². The fourth-order valence-corrected chi connectivity index (χ4v) is 6.13. The predicted molar refractivity (Wildman–Crippen MR) is 135 cm³/mol. The number of aromatic nitrogens is 3. The average molecular weight is 540 g/mol. The summed E-state index contributed by atoms with van der Waals surface area (Å²) in [4.78, 5) is 21.9. The zero-order valence-electron chi connectivity index (χ0n) is 19.4. The van der Waals surface area contributed by atoms with Gasteiger partial charge in [0.15, 0.2) is 27.2 Å². The number of rotatable bonds is 8. The van der Waals surface area contributed by atoms with E-state index in [-0.39, 0.29) is 17.1 Å². The van der Waals surface area contributed by atoms with Crippen molar-refractivity contribution in [2.75, 3.05) is 5.75 Å². The number of carbonyl (C=O) groups is 1. The lowest BCUT2D eigenvalue weighted by molar-refractivity contribution is -0.116. The quantitative estimate of drug-likeness (QED) is 0.247. The van der Waals surface area contributed by atoms with Crippen molar-refractivity contribution in [1.82, 2.24) is 14.5 Å². The van der Waals surface area contributed by atoms with E-state index in [1.807, 2.05) is 23.9 Å². The molecular formula is C26H19F2N3O4S2. The number of ether oxygens (including phenoxy) is 1. The molecule has 0 saturated carbocycles. The molecule has 0 radical (unpaired) electrons. The summed E-state index contributed by atoms with van der Waals surface area (Å²) >= 11 is 1.42. The van der Waals surface area contributed by atoms with E-state index in [9.17, 15) is 22.0 Å². The number of ketones is 1. The van der Waals surface area contributed by atoms with E-state index in [0.29, 0.717) is 16.8 Å². The minimum atomic E-state index is -3.94. The summed E-state index contributed by atoms with van der Waals surface area (Å²) < 4.78 is 61.3. The summed E-state index contributed by atoms with van der Waals surface area (Å²) in [5, 5.41) is 0. The summed E-state index contributed by atoms with van der Waals surface area (Å²) in [6, 6.07) is 11.8. The van der Waals surface area contributed by atoms with Gasteiger partial charge in [-0.25, -0.2) is 22.2 Å². The Balaban J connectivity index is 1.31. The van der Waals surface area contributed by atoms with Crippen LogP contribution in [-0.4, -0.2) is 34.5 Å². The van der Waals surface area contributed by atoms with Crippen molar-refractivity contribution in [3.63, 3.8) is 0 Å². The van der Waals surface area contributed by atoms with Crippen LogP contribution in [0.4, 0.5) is 8.78 Å². The minimum Gasteiger partial charge on any atom is -0.453 e. The highest BCUT2D eigenvalue weighted by Crippen LogP contribution is 2.39. The molecule has 5 rings (SSSR count). The lowest BCUT2D eigenvalue weighted by Gasteiger charge is -2.09. The molecule has 5 aromatic rings. The van der Waals surface area contributed by atoms with Crippen LogP contribution in [0, 0.1) is 11.6 Å². The molecule has 11 heteroatoms. The molecule has 0 saturated heterocycles. The lowest BCUT2D eigenvalue weighted by Crippen LogP contribution is -2.18. The van der Waals surface area contributed by atoms with Crippen LogP contribution in [0.15, 0.2) is 78.1 Å². The Morgan fingerprint density at radius 2 is 1.78 bits per heavy atom. The van der Waals surface area contributed by atoms with Crippen LogP contribution in [0.25, 0.3) is 20.9 Å². The van der Waals surface area contributed by atoms with E-state index >= 15 is 0 Å². The number of carbonyl (C=O) groups excluding carboxylic acids is 1. The lowest BCUT2D eigenvalue weighted by atomic mass is 10.1. The van der Waals surface area contributed by atoms with E-state index in [2.05, 4.69) is 9.97 Å². The summed E-state index contributed by atoms with van der Waals surface area (Å²) in [6.45, 7) is 0. The molecule has 0 aliphatic rings. The molecule has 7 nitrogen and oxygen atoms in total. The largest absolute Gasteiger partial charge is 0.453 e. The number of fused-ring (bicyclic) bond motifs is 1. The number of thiophene rings is 1. The highest BCUT2D eigenvalue weighted by Gasteiger charge is 2.20. The maximum Gasteiger partial charge on any atom is 0.185 e. The third-order valence-electron chi connectivity index (χ3n) is 5.56. The molecule has 0 aliphatic carbocycles. The molecule has 37 heavy (non-hydrogen) atoms. The van der Waals surface area contributed by atoms with Gasteiger partial charge in [0.25, 0.3) is 0 Å². The number of imidazole rings is 1. The van der Waals surface area contributed by atoms with Gasteiger partial charge in [-0.15, -0.1) is 11.3 Å². The van der Waals surface area contributed by atoms with Gasteiger partial charge in [0.05, 0.1) is 20.0 Å². The van der Waals surface area contributed by atoms with E-state index in [0.717, 1.165) is 45.7 Å². The third kappa shape index (κ3) is 5.27. The van der Waals surface area contributed by atoms with Crippen LogP contribution in [0.1, 0.15) is 5.56 Å². The second-order valence-electron chi connectivity index (χ2n) is 8.29. The molecule has 0 spiro atoms. The number of benzene rings is 2. The Morgan fingerprint density at radius 1 is 1.00 bits per heavy atom. The van der Waals surface area contributed by atoms with Crippen LogP contribution in [0.2, 0.25) is 0 Å². The van der Waals surface area contributed by atoms with Crippen molar-refractivity contribution in [1.29, 1.82) is 0 Å². The molecule has 0 fully saturated rings. The molecule has 0 aliphatic heterocycles. The van der Waals surface area contributed by atoms with Crippen LogP contribution in [-0.2, 0) is 28.1 Å². The number of aryl methyl sites for hydroxylation is 1. The van der Waals surface area contributed by atoms with E-state index in [4.69, 9.17) is 4.74 Å². The van der Waals surface area contributed by atoms with Crippen molar-refractivity contribution < 1.29 is 26.7 Å². The number of pyridine rings is 1. The molecule has 0 N–H and O–H groups in total. The molecule has 0 amide bonds. The molecule has 0 bridgehead atoms. The predicted octanol–water partition coefficient (Wildman–Crippen LogP) is 5.35. The second-order valence-corrected chi connectivity index (χ2v) is 11.3. The number of hydrogen-bond acceptors (Lipinski definition) is 7. The minimum absolute atomic E-state index is 0.0467. The zero-order chi connectivity index (χ0) is 26.2. The van der Waals surface area contributed by atoms with E-state index in [1.54, 1.807) is 18.5 Å². The fourth-order valence-electron chi connectivity index (χ4n) is 3.78. The van der Waals surface area contributed by atoms with Gasteiger partial charge in [-0.1, -0.05) is 6.07 Å². The van der Waals surface area contributed by atoms with Crippen LogP contribution in [0.3, 0.4) is 0 Å². The number of Topliss-reactive ketones (excluding diaryl/α,β-unsaturated/α-hetero) is 1. The zero-order valence-corrected chi connectivity index (χ0v) is 21.0. The van der Waals surface area contributed by atoms with Crippen molar-refractivity contribution >= 4 is 37.2 Å². The smallest absolute Gasteiger partial charge is 0.185 e. The number of nitrogens with zero attached hydrogens (tertiary/aromatic N) is 3. The Morgan fingerprint density at radius 3 is 2.49 bits per heavy atom. The second kappa shape index (κ2) is 9.83. The Labute approximate surface area is 214 Å². The van der Waals surface area contributed by atoms with Crippen molar-refractivity contribution in [3.8, 4) is 22.2 Å². The molecule has 2 aromatic carbocycles. The maximum atomic E-state index is 14.9. The molecule has 188 valence electrons. The Kier molecular flexibility index (Phi) is 6.57. The summed E-state index contributed by atoms with van der Waals surface area (Å²) in [5.74, 6) is -1.52.